The van der Waals surface area contributed by atoms with Crippen molar-refractivity contribution in [2.24, 2.45) is 0 Å². The lowest BCUT2D eigenvalue weighted by atomic mass is 10.1. The molecule has 1 heterocycles. The average molecular weight is 304 g/mol. The minimum absolute atomic E-state index is 0.0865. The molecule has 0 bridgehead atoms. The zero-order valence-electron chi connectivity index (χ0n) is 12.7. The lowest BCUT2D eigenvalue weighted by molar-refractivity contribution is 0.0578. The second kappa shape index (κ2) is 7.49. The molecular weight excluding hydrogens is 284 g/mol. The van der Waals surface area contributed by atoms with Gasteiger partial charge in [-0.3, -0.25) is 4.79 Å². The third-order valence-corrected chi connectivity index (χ3v) is 3.49. The zero-order chi connectivity index (χ0) is 15.9. The van der Waals surface area contributed by atoms with Crippen molar-refractivity contribution < 1.29 is 19.1 Å². The maximum atomic E-state index is 12.5. The predicted octanol–water partition coefficient (Wildman–Crippen LogP) is 1.78. The van der Waals surface area contributed by atoms with Crippen LogP contribution in [0.4, 0.5) is 4.79 Å². The van der Waals surface area contributed by atoms with Gasteiger partial charge in [-0.25, -0.2) is 4.79 Å². The third kappa shape index (κ3) is 3.58. The maximum absolute atomic E-state index is 12.5. The minimum Gasteiger partial charge on any atom is -0.496 e. The Morgan fingerprint density at radius 1 is 1.18 bits per heavy atom. The molecule has 0 atom stereocenters. The number of piperazine rings is 1. The molecule has 6 heteroatoms. The van der Waals surface area contributed by atoms with Gasteiger partial charge in [0.1, 0.15) is 12.4 Å². The Labute approximate surface area is 129 Å². The van der Waals surface area contributed by atoms with Crippen molar-refractivity contribution in [3.8, 4) is 5.75 Å². The molecule has 1 aromatic rings. The summed E-state index contributed by atoms with van der Waals surface area (Å²) < 4.78 is 10.2. The highest BCUT2D eigenvalue weighted by atomic mass is 16.6. The van der Waals surface area contributed by atoms with Crippen molar-refractivity contribution in [1.82, 2.24) is 9.80 Å². The molecule has 0 N–H and O–H groups in total. The van der Waals surface area contributed by atoms with Crippen LogP contribution >= 0.6 is 0 Å². The summed E-state index contributed by atoms with van der Waals surface area (Å²) >= 11 is 0. The van der Waals surface area contributed by atoms with Crippen LogP contribution in [0.1, 0.15) is 10.4 Å². The monoisotopic (exact) mass is 304 g/mol. The number of carbonyl (C=O) groups excluding carboxylic acids is 2. The fourth-order valence-corrected chi connectivity index (χ4v) is 2.31. The summed E-state index contributed by atoms with van der Waals surface area (Å²) in [4.78, 5) is 27.6. The van der Waals surface area contributed by atoms with Crippen LogP contribution in [0.5, 0.6) is 5.75 Å². The van der Waals surface area contributed by atoms with E-state index in [9.17, 15) is 9.59 Å². The van der Waals surface area contributed by atoms with Gasteiger partial charge in [-0.15, -0.1) is 0 Å². The number of hydrogen-bond acceptors (Lipinski definition) is 4. The summed E-state index contributed by atoms with van der Waals surface area (Å²) in [6.45, 7) is 5.55. The average Bonchev–Trinajstić information content (AvgIpc) is 2.59. The lowest BCUT2D eigenvalue weighted by Gasteiger charge is -2.34. The minimum atomic E-state index is -0.371. The number of methoxy groups -OCH3 is 1. The van der Waals surface area contributed by atoms with Crippen LogP contribution < -0.4 is 4.74 Å². The van der Waals surface area contributed by atoms with Crippen LogP contribution in [-0.4, -0.2) is 61.7 Å². The quantitative estimate of drug-likeness (QED) is 0.796. The molecule has 1 aromatic carbocycles. The molecule has 118 valence electrons. The van der Waals surface area contributed by atoms with Crippen molar-refractivity contribution in [1.29, 1.82) is 0 Å². The highest BCUT2D eigenvalue weighted by molar-refractivity contribution is 5.97. The van der Waals surface area contributed by atoms with Crippen molar-refractivity contribution >= 4 is 12.0 Å². The molecule has 1 fully saturated rings. The van der Waals surface area contributed by atoms with E-state index < -0.39 is 0 Å². The Morgan fingerprint density at radius 3 is 2.45 bits per heavy atom. The standard InChI is InChI=1S/C16H20N2O4/c1-3-12-22-16(20)18-10-8-17(9-11-18)15(19)13-6-4-5-7-14(13)21-2/h3-7H,1,8-12H2,2H3. The molecule has 1 aliphatic rings. The molecule has 22 heavy (non-hydrogen) atoms. The molecule has 1 saturated heterocycles. The van der Waals surface area contributed by atoms with Crippen LogP contribution in [0.3, 0.4) is 0 Å². The number of carbonyl (C=O) groups is 2. The number of rotatable bonds is 4. The molecule has 0 spiro atoms. The summed E-state index contributed by atoms with van der Waals surface area (Å²) in [5.41, 5.74) is 0.535. The van der Waals surface area contributed by atoms with Gasteiger partial charge < -0.3 is 19.3 Å². The molecule has 0 aromatic heterocycles. The highest BCUT2D eigenvalue weighted by Gasteiger charge is 2.26. The molecule has 0 saturated carbocycles. The first-order valence-electron chi connectivity index (χ1n) is 7.12. The van der Waals surface area contributed by atoms with Gasteiger partial charge in [0.05, 0.1) is 12.7 Å². The topological polar surface area (TPSA) is 59.1 Å². The van der Waals surface area contributed by atoms with Gasteiger partial charge in [0, 0.05) is 26.2 Å². The Bertz CT molecular complexity index is 551. The third-order valence-electron chi connectivity index (χ3n) is 3.49. The Morgan fingerprint density at radius 2 is 1.82 bits per heavy atom. The molecule has 2 rings (SSSR count). The largest absolute Gasteiger partial charge is 0.496 e. The number of ether oxygens (including phenoxy) is 2. The van der Waals surface area contributed by atoms with Gasteiger partial charge in [0.25, 0.3) is 5.91 Å². The second-order valence-corrected chi connectivity index (χ2v) is 4.85. The number of para-hydroxylation sites is 1. The van der Waals surface area contributed by atoms with Crippen molar-refractivity contribution in [3.63, 3.8) is 0 Å². The normalized spacial score (nSPS) is 14.4. The number of nitrogens with zero attached hydrogens (tertiary/aromatic N) is 2. The summed E-state index contributed by atoms with van der Waals surface area (Å²) in [6, 6.07) is 7.13. The summed E-state index contributed by atoms with van der Waals surface area (Å²) in [5, 5.41) is 0. The Hall–Kier alpha value is -2.50. The SMILES string of the molecule is C=CCOC(=O)N1CCN(C(=O)c2ccccc2OC)CC1. The van der Waals surface area contributed by atoms with Gasteiger partial charge in [-0.1, -0.05) is 24.8 Å². The zero-order valence-corrected chi connectivity index (χ0v) is 12.7. The molecule has 0 radical (unpaired) electrons. The molecular formula is C16H20N2O4. The van der Waals surface area contributed by atoms with Crippen LogP contribution in [0.15, 0.2) is 36.9 Å². The van der Waals surface area contributed by atoms with Crippen LogP contribution in [-0.2, 0) is 4.74 Å². The van der Waals surface area contributed by atoms with Crippen LogP contribution in [0, 0.1) is 0 Å². The first-order chi connectivity index (χ1) is 10.7. The van der Waals surface area contributed by atoms with Crippen molar-refractivity contribution in [2.45, 2.75) is 0 Å². The summed E-state index contributed by atoms with van der Waals surface area (Å²) in [6.07, 6.45) is 1.16. The van der Waals surface area contributed by atoms with Gasteiger partial charge in [0.15, 0.2) is 0 Å². The fourth-order valence-electron chi connectivity index (χ4n) is 2.31. The van der Waals surface area contributed by atoms with E-state index >= 15 is 0 Å². The van der Waals surface area contributed by atoms with Crippen LogP contribution in [0.25, 0.3) is 0 Å². The number of benzene rings is 1. The molecule has 0 aliphatic carbocycles. The summed E-state index contributed by atoms with van der Waals surface area (Å²) in [5.74, 6) is 0.469. The van der Waals surface area contributed by atoms with E-state index in [0.717, 1.165) is 0 Å². The Kier molecular flexibility index (Phi) is 5.41. The predicted molar refractivity (Wildman–Crippen MR) is 82.0 cm³/mol. The molecule has 1 aliphatic heterocycles. The molecule has 2 amide bonds. The van der Waals surface area contributed by atoms with Crippen LogP contribution in [0.2, 0.25) is 0 Å². The van der Waals surface area contributed by atoms with Gasteiger partial charge in [-0.05, 0) is 12.1 Å². The first-order valence-corrected chi connectivity index (χ1v) is 7.12. The second-order valence-electron chi connectivity index (χ2n) is 4.85. The van der Waals surface area contributed by atoms with E-state index in [1.54, 1.807) is 35.1 Å². The Balaban J connectivity index is 1.95. The van der Waals surface area contributed by atoms with Gasteiger partial charge >= 0.3 is 6.09 Å². The number of hydrogen-bond donors (Lipinski definition) is 0. The van der Waals surface area contributed by atoms with Crippen molar-refractivity contribution in [2.75, 3.05) is 39.9 Å². The van der Waals surface area contributed by atoms with E-state index in [1.165, 1.54) is 6.08 Å². The maximum Gasteiger partial charge on any atom is 0.410 e. The van der Waals surface area contributed by atoms with E-state index in [-0.39, 0.29) is 18.6 Å². The van der Waals surface area contributed by atoms with E-state index in [4.69, 9.17) is 9.47 Å². The lowest BCUT2D eigenvalue weighted by Crippen LogP contribution is -2.50. The molecule has 0 unspecified atom stereocenters. The first kappa shape index (κ1) is 15.9. The van der Waals surface area contributed by atoms with E-state index in [2.05, 4.69) is 6.58 Å². The van der Waals surface area contributed by atoms with Gasteiger partial charge in [-0.2, -0.15) is 0 Å². The number of amides is 2. The summed E-state index contributed by atoms with van der Waals surface area (Å²) in [7, 11) is 1.54. The smallest absolute Gasteiger partial charge is 0.410 e. The van der Waals surface area contributed by atoms with Crippen molar-refractivity contribution in [3.05, 3.63) is 42.5 Å². The van der Waals surface area contributed by atoms with Gasteiger partial charge in [0.2, 0.25) is 0 Å². The van der Waals surface area contributed by atoms with E-state index in [0.29, 0.717) is 37.5 Å². The molecule has 6 nitrogen and oxygen atoms in total. The highest BCUT2D eigenvalue weighted by Crippen LogP contribution is 2.20. The fraction of sp³-hybridized carbons (Fsp3) is 0.375. The van der Waals surface area contributed by atoms with E-state index in [1.807, 2.05) is 6.07 Å².